The topological polar surface area (TPSA) is 85.5 Å². The number of H-pyrrole nitrogens is 1. The molecule has 0 saturated heterocycles. The number of hydrogen-bond acceptors (Lipinski definition) is 6. The van der Waals surface area contributed by atoms with Gasteiger partial charge in [-0.1, -0.05) is 0 Å². The first-order valence-corrected chi connectivity index (χ1v) is 9.21. The Labute approximate surface area is 162 Å². The van der Waals surface area contributed by atoms with Crippen LogP contribution in [0.4, 0.5) is 5.69 Å². The van der Waals surface area contributed by atoms with Crippen molar-refractivity contribution in [3.05, 3.63) is 40.7 Å². The summed E-state index contributed by atoms with van der Waals surface area (Å²) in [5.41, 5.74) is 2.05. The third-order valence-electron chi connectivity index (χ3n) is 4.94. The number of ether oxygens (including phenoxy) is 3. The van der Waals surface area contributed by atoms with Crippen molar-refractivity contribution in [2.45, 2.75) is 12.8 Å². The molecule has 0 unspecified atom stereocenters. The zero-order chi connectivity index (χ0) is 19.7. The number of nitrogens with zero attached hydrogens (tertiary/aromatic N) is 1. The fraction of sp³-hybridized carbons (Fsp3) is 0.333. The van der Waals surface area contributed by atoms with Gasteiger partial charge in [0, 0.05) is 17.8 Å². The molecule has 1 fully saturated rings. The molecule has 7 nitrogen and oxygen atoms in total. The molecule has 1 heterocycles. The van der Waals surface area contributed by atoms with Crippen molar-refractivity contribution in [3.63, 3.8) is 0 Å². The van der Waals surface area contributed by atoms with Crippen LogP contribution in [0.5, 0.6) is 17.2 Å². The van der Waals surface area contributed by atoms with Crippen molar-refractivity contribution in [2.24, 2.45) is 5.92 Å². The summed E-state index contributed by atoms with van der Waals surface area (Å²) in [5, 5.41) is 3.94. The molecule has 1 saturated carbocycles. The van der Waals surface area contributed by atoms with E-state index in [4.69, 9.17) is 14.2 Å². The van der Waals surface area contributed by atoms with Crippen LogP contribution in [0.15, 0.2) is 35.1 Å². The van der Waals surface area contributed by atoms with E-state index in [0.29, 0.717) is 39.5 Å². The number of benzene rings is 2. The van der Waals surface area contributed by atoms with Gasteiger partial charge in [0.05, 0.1) is 32.2 Å². The summed E-state index contributed by atoms with van der Waals surface area (Å²) in [6.45, 7) is 0.945. The molecular weight excluding hydrogens is 358 g/mol. The first-order valence-electron chi connectivity index (χ1n) is 9.21. The Hall–Kier alpha value is -3.22. The second-order valence-corrected chi connectivity index (χ2v) is 6.88. The monoisotopic (exact) mass is 381 g/mol. The number of fused-ring (bicyclic) bond motifs is 1. The zero-order valence-corrected chi connectivity index (χ0v) is 16.2. The molecule has 1 aromatic heterocycles. The highest BCUT2D eigenvalue weighted by Gasteiger charge is 2.20. The van der Waals surface area contributed by atoms with Gasteiger partial charge in [-0.25, -0.2) is 4.98 Å². The lowest BCUT2D eigenvalue weighted by Crippen LogP contribution is -2.11. The van der Waals surface area contributed by atoms with Crippen LogP contribution in [-0.2, 0) is 0 Å². The maximum Gasteiger partial charge on any atom is 0.259 e. The normalized spacial score (nSPS) is 13.4. The third-order valence-corrected chi connectivity index (χ3v) is 4.94. The molecule has 1 aliphatic rings. The minimum atomic E-state index is -0.191. The Morgan fingerprint density at radius 2 is 1.79 bits per heavy atom. The number of rotatable bonds is 7. The van der Waals surface area contributed by atoms with Gasteiger partial charge >= 0.3 is 0 Å². The summed E-state index contributed by atoms with van der Waals surface area (Å²) in [7, 11) is 4.65. The Balaban J connectivity index is 1.74. The molecule has 28 heavy (non-hydrogen) atoms. The van der Waals surface area contributed by atoms with Gasteiger partial charge in [-0.05, 0) is 49.1 Å². The van der Waals surface area contributed by atoms with Crippen LogP contribution in [0.2, 0.25) is 0 Å². The second-order valence-electron chi connectivity index (χ2n) is 6.88. The first-order chi connectivity index (χ1) is 13.6. The maximum atomic E-state index is 12.7. The third kappa shape index (κ3) is 3.47. The highest BCUT2D eigenvalue weighted by atomic mass is 16.5. The van der Waals surface area contributed by atoms with E-state index in [1.165, 1.54) is 12.8 Å². The first kappa shape index (κ1) is 18.2. The van der Waals surface area contributed by atoms with Crippen LogP contribution < -0.4 is 25.1 Å². The van der Waals surface area contributed by atoms with Crippen LogP contribution >= 0.6 is 0 Å². The molecule has 2 aromatic carbocycles. The summed E-state index contributed by atoms with van der Waals surface area (Å²) in [6.07, 6.45) is 2.56. The zero-order valence-electron chi connectivity index (χ0n) is 16.2. The minimum absolute atomic E-state index is 0.191. The van der Waals surface area contributed by atoms with E-state index in [0.717, 1.165) is 18.2 Å². The van der Waals surface area contributed by atoms with Gasteiger partial charge in [-0.3, -0.25) is 4.79 Å². The lowest BCUT2D eigenvalue weighted by atomic mass is 10.1. The van der Waals surface area contributed by atoms with Crippen molar-refractivity contribution in [1.29, 1.82) is 0 Å². The standard InChI is InChI=1S/C21H23N3O4/c1-26-17-8-13(9-18(27-2)19(17)28-3)20-23-16-7-6-14(22-11-12-4-5-12)10-15(16)21(25)24-20/h6-10,12,22H,4-5,11H2,1-3H3,(H,23,24,25). The van der Waals surface area contributed by atoms with Gasteiger partial charge in [0.2, 0.25) is 5.75 Å². The van der Waals surface area contributed by atoms with Gasteiger partial charge in [-0.15, -0.1) is 0 Å². The van der Waals surface area contributed by atoms with Gasteiger partial charge < -0.3 is 24.5 Å². The van der Waals surface area contributed by atoms with E-state index >= 15 is 0 Å². The summed E-state index contributed by atoms with van der Waals surface area (Å²) in [6, 6.07) is 9.19. The number of hydrogen-bond donors (Lipinski definition) is 2. The molecule has 0 amide bonds. The molecule has 4 rings (SSSR count). The van der Waals surface area contributed by atoms with E-state index in [-0.39, 0.29) is 5.56 Å². The van der Waals surface area contributed by atoms with Crippen LogP contribution in [0.1, 0.15) is 12.8 Å². The quantitative estimate of drug-likeness (QED) is 0.652. The average Bonchev–Trinajstić information content (AvgIpc) is 3.55. The van der Waals surface area contributed by atoms with E-state index in [2.05, 4.69) is 15.3 Å². The number of aromatic nitrogens is 2. The molecule has 3 aromatic rings. The fourth-order valence-corrected chi connectivity index (χ4v) is 3.19. The molecule has 0 radical (unpaired) electrons. The lowest BCUT2D eigenvalue weighted by molar-refractivity contribution is 0.324. The molecule has 1 aliphatic carbocycles. The molecule has 7 heteroatoms. The van der Waals surface area contributed by atoms with Crippen molar-refractivity contribution in [2.75, 3.05) is 33.2 Å². The minimum Gasteiger partial charge on any atom is -0.493 e. The number of methoxy groups -OCH3 is 3. The van der Waals surface area contributed by atoms with E-state index in [9.17, 15) is 4.79 Å². The van der Waals surface area contributed by atoms with Crippen LogP contribution in [0, 0.1) is 5.92 Å². The Bertz CT molecular complexity index is 1050. The molecule has 2 N–H and O–H groups in total. The van der Waals surface area contributed by atoms with E-state index in [1.54, 1.807) is 33.5 Å². The molecule has 146 valence electrons. The fourth-order valence-electron chi connectivity index (χ4n) is 3.19. The highest BCUT2D eigenvalue weighted by molar-refractivity contribution is 5.83. The molecule has 0 aliphatic heterocycles. The van der Waals surface area contributed by atoms with Gasteiger partial charge in [0.25, 0.3) is 5.56 Å². The predicted octanol–water partition coefficient (Wildman–Crippen LogP) is 3.44. The van der Waals surface area contributed by atoms with Crippen molar-refractivity contribution in [1.82, 2.24) is 9.97 Å². The SMILES string of the molecule is COc1cc(-c2nc3ccc(NCC4CC4)cc3c(=O)[nH]2)cc(OC)c1OC. The van der Waals surface area contributed by atoms with Crippen molar-refractivity contribution >= 4 is 16.6 Å². The summed E-state index contributed by atoms with van der Waals surface area (Å²) < 4.78 is 16.1. The molecule has 0 bridgehead atoms. The molecule has 0 spiro atoms. The van der Waals surface area contributed by atoms with Crippen LogP contribution in [-0.4, -0.2) is 37.8 Å². The summed E-state index contributed by atoms with van der Waals surface area (Å²) in [4.78, 5) is 20.2. The van der Waals surface area contributed by atoms with Crippen LogP contribution in [0.3, 0.4) is 0 Å². The largest absolute Gasteiger partial charge is 0.493 e. The summed E-state index contributed by atoms with van der Waals surface area (Å²) >= 11 is 0. The van der Waals surface area contributed by atoms with Gasteiger partial charge in [0.15, 0.2) is 11.5 Å². The molecular formula is C21H23N3O4. The number of nitrogens with one attached hydrogen (secondary N) is 2. The van der Waals surface area contributed by atoms with Gasteiger partial charge in [-0.2, -0.15) is 0 Å². The Kier molecular flexibility index (Phi) is 4.81. The average molecular weight is 381 g/mol. The van der Waals surface area contributed by atoms with E-state index in [1.807, 2.05) is 18.2 Å². The Morgan fingerprint density at radius 1 is 1.07 bits per heavy atom. The lowest BCUT2D eigenvalue weighted by Gasteiger charge is -2.14. The van der Waals surface area contributed by atoms with Crippen molar-refractivity contribution in [3.8, 4) is 28.6 Å². The summed E-state index contributed by atoms with van der Waals surface area (Å²) in [5.74, 6) is 2.69. The van der Waals surface area contributed by atoms with E-state index < -0.39 is 0 Å². The van der Waals surface area contributed by atoms with Gasteiger partial charge in [0.1, 0.15) is 5.82 Å². The smallest absolute Gasteiger partial charge is 0.259 e. The van der Waals surface area contributed by atoms with Crippen molar-refractivity contribution < 1.29 is 14.2 Å². The number of aromatic amines is 1. The second kappa shape index (κ2) is 7.42. The Morgan fingerprint density at radius 3 is 2.39 bits per heavy atom. The van der Waals surface area contributed by atoms with Crippen LogP contribution in [0.25, 0.3) is 22.3 Å². The number of anilines is 1. The predicted molar refractivity (Wildman–Crippen MR) is 109 cm³/mol. The maximum absolute atomic E-state index is 12.7. The molecule has 0 atom stereocenters. The highest BCUT2D eigenvalue weighted by Crippen LogP contribution is 2.40.